The van der Waals surface area contributed by atoms with Crippen LogP contribution in [-0.2, 0) is 11.3 Å². The van der Waals surface area contributed by atoms with Crippen LogP contribution >= 0.6 is 0 Å². The van der Waals surface area contributed by atoms with Crippen molar-refractivity contribution >= 4 is 5.91 Å². The van der Waals surface area contributed by atoms with E-state index in [1.54, 1.807) is 26.2 Å². The molecule has 1 heterocycles. The Bertz CT molecular complexity index is 839. The van der Waals surface area contributed by atoms with E-state index in [1.807, 2.05) is 29.2 Å². The van der Waals surface area contributed by atoms with Crippen LogP contribution in [0.4, 0.5) is 4.39 Å². The van der Waals surface area contributed by atoms with Crippen LogP contribution in [-0.4, -0.2) is 48.5 Å². The van der Waals surface area contributed by atoms with Crippen LogP contribution in [0.15, 0.2) is 48.5 Å². The summed E-state index contributed by atoms with van der Waals surface area (Å²) >= 11 is 0. The van der Waals surface area contributed by atoms with Crippen molar-refractivity contribution in [2.75, 3.05) is 26.7 Å². The Labute approximate surface area is 173 Å². The van der Waals surface area contributed by atoms with Gasteiger partial charge in [-0.1, -0.05) is 30.3 Å². The summed E-state index contributed by atoms with van der Waals surface area (Å²) in [6, 6.07) is 15.1. The van der Waals surface area contributed by atoms with E-state index in [4.69, 9.17) is 4.74 Å². The van der Waals surface area contributed by atoms with Gasteiger partial charge in [0, 0.05) is 45.1 Å². The zero-order valence-corrected chi connectivity index (χ0v) is 17.8. The van der Waals surface area contributed by atoms with Crippen molar-refractivity contribution in [3.63, 3.8) is 0 Å². The SMILES string of the molecule is COc1ccccc1C1CN(Cc2cccc(F)c2)CC1CN(C(C)=O)C(C)C. The molecule has 1 aliphatic heterocycles. The van der Waals surface area contributed by atoms with Crippen molar-refractivity contribution in [2.24, 2.45) is 5.92 Å². The van der Waals surface area contributed by atoms with E-state index in [0.29, 0.717) is 13.1 Å². The molecule has 1 amide bonds. The normalized spacial score (nSPS) is 19.5. The number of benzene rings is 2. The fourth-order valence-electron chi connectivity index (χ4n) is 4.45. The summed E-state index contributed by atoms with van der Waals surface area (Å²) in [4.78, 5) is 16.5. The predicted octanol–water partition coefficient (Wildman–Crippen LogP) is 4.31. The van der Waals surface area contributed by atoms with Crippen molar-refractivity contribution in [2.45, 2.75) is 39.3 Å². The van der Waals surface area contributed by atoms with Gasteiger partial charge >= 0.3 is 0 Å². The maximum atomic E-state index is 13.6. The summed E-state index contributed by atoms with van der Waals surface area (Å²) < 4.78 is 19.3. The van der Waals surface area contributed by atoms with Gasteiger partial charge in [0.25, 0.3) is 0 Å². The van der Waals surface area contributed by atoms with Gasteiger partial charge in [-0.05, 0) is 49.1 Å². The van der Waals surface area contributed by atoms with Gasteiger partial charge in [-0.2, -0.15) is 0 Å². The van der Waals surface area contributed by atoms with Crippen LogP contribution in [0.25, 0.3) is 0 Å². The summed E-state index contributed by atoms with van der Waals surface area (Å²) in [5.41, 5.74) is 2.14. The Kier molecular flexibility index (Phi) is 6.91. The van der Waals surface area contributed by atoms with Crippen LogP contribution in [0.5, 0.6) is 5.75 Å². The molecular formula is C24H31FN2O2. The summed E-state index contributed by atoms with van der Waals surface area (Å²) in [7, 11) is 1.70. The number of ether oxygens (including phenoxy) is 1. The smallest absolute Gasteiger partial charge is 0.219 e. The van der Waals surface area contributed by atoms with Crippen molar-refractivity contribution in [1.29, 1.82) is 0 Å². The van der Waals surface area contributed by atoms with E-state index in [-0.39, 0.29) is 29.6 Å². The molecule has 4 nitrogen and oxygen atoms in total. The van der Waals surface area contributed by atoms with Gasteiger partial charge in [-0.25, -0.2) is 4.39 Å². The number of rotatable bonds is 7. The Morgan fingerprint density at radius 1 is 1.21 bits per heavy atom. The highest BCUT2D eigenvalue weighted by Crippen LogP contribution is 2.38. The molecule has 29 heavy (non-hydrogen) atoms. The third kappa shape index (κ3) is 5.15. The van der Waals surface area contributed by atoms with Crippen molar-refractivity contribution in [3.05, 3.63) is 65.5 Å². The fraction of sp³-hybridized carbons (Fsp3) is 0.458. The average Bonchev–Trinajstić information content (AvgIpc) is 3.07. The lowest BCUT2D eigenvalue weighted by molar-refractivity contribution is -0.131. The van der Waals surface area contributed by atoms with E-state index in [0.717, 1.165) is 24.4 Å². The number of carbonyl (C=O) groups excluding carboxylic acids is 1. The minimum atomic E-state index is -0.206. The minimum absolute atomic E-state index is 0.0994. The molecule has 1 saturated heterocycles. The molecule has 0 saturated carbocycles. The highest BCUT2D eigenvalue weighted by Gasteiger charge is 2.37. The van der Waals surface area contributed by atoms with Crippen LogP contribution in [0, 0.1) is 11.7 Å². The highest BCUT2D eigenvalue weighted by molar-refractivity contribution is 5.73. The zero-order chi connectivity index (χ0) is 21.0. The van der Waals surface area contributed by atoms with Gasteiger partial charge < -0.3 is 9.64 Å². The lowest BCUT2D eigenvalue weighted by Gasteiger charge is -2.31. The van der Waals surface area contributed by atoms with Crippen molar-refractivity contribution in [3.8, 4) is 5.75 Å². The fourth-order valence-corrected chi connectivity index (χ4v) is 4.45. The molecule has 0 N–H and O–H groups in total. The Balaban J connectivity index is 1.86. The first-order valence-corrected chi connectivity index (χ1v) is 10.3. The van der Waals surface area contributed by atoms with Crippen molar-refractivity contribution in [1.82, 2.24) is 9.80 Å². The van der Waals surface area contributed by atoms with E-state index in [2.05, 4.69) is 24.8 Å². The second-order valence-electron chi connectivity index (χ2n) is 8.20. The van der Waals surface area contributed by atoms with Gasteiger partial charge in [-0.3, -0.25) is 9.69 Å². The first-order valence-electron chi connectivity index (χ1n) is 10.3. The Morgan fingerprint density at radius 2 is 1.97 bits per heavy atom. The number of halogens is 1. The van der Waals surface area contributed by atoms with Gasteiger partial charge in [0.2, 0.25) is 5.91 Å². The monoisotopic (exact) mass is 398 g/mol. The molecule has 0 radical (unpaired) electrons. The van der Waals surface area contributed by atoms with E-state index in [1.165, 1.54) is 11.6 Å². The number of para-hydroxylation sites is 1. The Hall–Kier alpha value is -2.40. The number of hydrogen-bond acceptors (Lipinski definition) is 3. The molecule has 2 aromatic rings. The molecule has 0 aliphatic carbocycles. The van der Waals surface area contributed by atoms with Crippen LogP contribution in [0.3, 0.4) is 0 Å². The molecule has 0 bridgehead atoms. The average molecular weight is 399 g/mol. The quantitative estimate of drug-likeness (QED) is 0.697. The first kappa shape index (κ1) is 21.3. The minimum Gasteiger partial charge on any atom is -0.496 e. The van der Waals surface area contributed by atoms with E-state index < -0.39 is 0 Å². The second-order valence-corrected chi connectivity index (χ2v) is 8.20. The first-order chi connectivity index (χ1) is 13.9. The summed E-state index contributed by atoms with van der Waals surface area (Å²) in [5.74, 6) is 1.31. The number of carbonyl (C=O) groups is 1. The summed E-state index contributed by atoms with van der Waals surface area (Å²) in [6.07, 6.45) is 0. The number of methoxy groups -OCH3 is 1. The molecule has 0 aromatic heterocycles. The lowest BCUT2D eigenvalue weighted by Crippen LogP contribution is -2.40. The summed E-state index contributed by atoms with van der Waals surface area (Å²) in [6.45, 7) is 8.85. The molecule has 2 unspecified atom stereocenters. The van der Waals surface area contributed by atoms with Crippen molar-refractivity contribution < 1.29 is 13.9 Å². The molecule has 2 atom stereocenters. The van der Waals surface area contributed by atoms with E-state index >= 15 is 0 Å². The molecule has 2 aromatic carbocycles. The number of amides is 1. The van der Waals surface area contributed by atoms with Gasteiger partial charge in [-0.15, -0.1) is 0 Å². The van der Waals surface area contributed by atoms with Gasteiger partial charge in [0.05, 0.1) is 7.11 Å². The molecular weight excluding hydrogens is 367 g/mol. The van der Waals surface area contributed by atoms with Gasteiger partial charge in [0.1, 0.15) is 11.6 Å². The van der Waals surface area contributed by atoms with E-state index in [9.17, 15) is 9.18 Å². The number of nitrogens with zero attached hydrogens (tertiary/aromatic N) is 2. The molecule has 0 spiro atoms. The molecule has 3 rings (SSSR count). The number of hydrogen-bond donors (Lipinski definition) is 0. The standard InChI is InChI=1S/C24H31FN2O2/c1-17(2)27(18(3)28)15-20-14-26(13-19-8-7-9-21(25)12-19)16-23(20)22-10-5-6-11-24(22)29-4/h5-12,17,20,23H,13-16H2,1-4H3. The van der Waals surface area contributed by atoms with Crippen LogP contribution < -0.4 is 4.74 Å². The number of likely N-dealkylation sites (tertiary alicyclic amines) is 1. The maximum Gasteiger partial charge on any atom is 0.219 e. The molecule has 1 aliphatic rings. The summed E-state index contributed by atoms with van der Waals surface area (Å²) in [5, 5.41) is 0. The third-order valence-corrected chi connectivity index (χ3v) is 5.81. The second kappa shape index (κ2) is 9.40. The maximum absolute atomic E-state index is 13.6. The third-order valence-electron chi connectivity index (χ3n) is 5.81. The molecule has 1 fully saturated rings. The van der Waals surface area contributed by atoms with Crippen LogP contribution in [0.1, 0.15) is 37.8 Å². The molecule has 5 heteroatoms. The van der Waals surface area contributed by atoms with Crippen LogP contribution in [0.2, 0.25) is 0 Å². The highest BCUT2D eigenvalue weighted by atomic mass is 19.1. The largest absolute Gasteiger partial charge is 0.496 e. The Morgan fingerprint density at radius 3 is 2.62 bits per heavy atom. The lowest BCUT2D eigenvalue weighted by atomic mass is 9.87. The molecule has 156 valence electrons. The zero-order valence-electron chi connectivity index (χ0n) is 17.8. The topological polar surface area (TPSA) is 32.8 Å². The van der Waals surface area contributed by atoms with Gasteiger partial charge in [0.15, 0.2) is 0 Å². The predicted molar refractivity (Wildman–Crippen MR) is 113 cm³/mol.